The first-order valence-corrected chi connectivity index (χ1v) is 5.71. The van der Waals surface area contributed by atoms with Gasteiger partial charge in [0.25, 0.3) is 0 Å². The van der Waals surface area contributed by atoms with Crippen LogP contribution in [0.15, 0.2) is 46.9 Å². The van der Waals surface area contributed by atoms with Gasteiger partial charge in [0.15, 0.2) is 0 Å². The molecule has 84 valence electrons. The molecule has 0 aliphatic heterocycles. The first-order chi connectivity index (χ1) is 8.19. The van der Waals surface area contributed by atoms with Gasteiger partial charge in [0.2, 0.25) is 0 Å². The largest absolute Gasteiger partial charge is 0.457 e. The van der Waals surface area contributed by atoms with Crippen LogP contribution in [0, 0.1) is 11.3 Å². The molecule has 0 amide bonds. The minimum atomic E-state index is 0.574. The molecule has 0 unspecified atom stereocenters. The van der Waals surface area contributed by atoms with Crippen molar-refractivity contribution in [1.82, 2.24) is 0 Å². The molecule has 0 aliphatic carbocycles. The van der Waals surface area contributed by atoms with Crippen molar-refractivity contribution < 1.29 is 4.74 Å². The van der Waals surface area contributed by atoms with Crippen LogP contribution in [0.25, 0.3) is 0 Å². The van der Waals surface area contributed by atoms with Gasteiger partial charge in [-0.1, -0.05) is 6.07 Å². The van der Waals surface area contributed by atoms with Crippen molar-refractivity contribution in [3.05, 3.63) is 52.5 Å². The molecule has 0 aromatic heterocycles. The monoisotopic (exact) mass is 288 g/mol. The van der Waals surface area contributed by atoms with Crippen molar-refractivity contribution in [1.29, 1.82) is 5.26 Å². The van der Waals surface area contributed by atoms with Gasteiger partial charge in [-0.25, -0.2) is 0 Å². The Morgan fingerprint density at radius 2 is 1.88 bits per heavy atom. The van der Waals surface area contributed by atoms with Gasteiger partial charge in [-0.2, -0.15) is 5.26 Å². The van der Waals surface area contributed by atoms with E-state index in [0.29, 0.717) is 27.2 Å². The highest BCUT2D eigenvalue weighted by Crippen LogP contribution is 2.27. The van der Waals surface area contributed by atoms with Gasteiger partial charge >= 0.3 is 0 Å². The van der Waals surface area contributed by atoms with Gasteiger partial charge in [0, 0.05) is 16.2 Å². The zero-order valence-corrected chi connectivity index (χ0v) is 10.4. The average molecular weight is 289 g/mol. The molecule has 0 fully saturated rings. The van der Waals surface area contributed by atoms with E-state index in [-0.39, 0.29) is 0 Å². The molecule has 0 heterocycles. The van der Waals surface area contributed by atoms with Crippen LogP contribution in [0.2, 0.25) is 0 Å². The van der Waals surface area contributed by atoms with Crippen LogP contribution < -0.4 is 10.5 Å². The Hall–Kier alpha value is -1.99. The number of hydrogen-bond acceptors (Lipinski definition) is 3. The Morgan fingerprint density at radius 1 is 1.12 bits per heavy atom. The molecule has 2 rings (SSSR count). The first kappa shape index (κ1) is 11.5. The summed E-state index contributed by atoms with van der Waals surface area (Å²) in [5.41, 5.74) is 6.88. The third-order valence-corrected chi connectivity index (χ3v) is 2.81. The number of anilines is 1. The van der Waals surface area contributed by atoms with E-state index in [2.05, 4.69) is 22.0 Å². The van der Waals surface area contributed by atoms with Crippen LogP contribution in [-0.4, -0.2) is 0 Å². The fourth-order valence-electron chi connectivity index (χ4n) is 1.36. The van der Waals surface area contributed by atoms with Gasteiger partial charge in [-0.05, 0) is 46.3 Å². The molecule has 2 N–H and O–H groups in total. The second kappa shape index (κ2) is 4.89. The predicted molar refractivity (Wildman–Crippen MR) is 69.8 cm³/mol. The summed E-state index contributed by atoms with van der Waals surface area (Å²) in [6, 6.07) is 14.4. The summed E-state index contributed by atoms with van der Waals surface area (Å²) >= 11 is 3.31. The summed E-state index contributed by atoms with van der Waals surface area (Å²) in [6.45, 7) is 0. The van der Waals surface area contributed by atoms with E-state index < -0.39 is 0 Å². The lowest BCUT2D eigenvalue weighted by Crippen LogP contribution is -1.88. The zero-order chi connectivity index (χ0) is 12.3. The van der Waals surface area contributed by atoms with Crippen molar-refractivity contribution in [2.45, 2.75) is 0 Å². The highest BCUT2D eigenvalue weighted by Gasteiger charge is 2.02. The van der Waals surface area contributed by atoms with Crippen molar-refractivity contribution in [3.63, 3.8) is 0 Å². The highest BCUT2D eigenvalue weighted by molar-refractivity contribution is 9.10. The zero-order valence-electron chi connectivity index (χ0n) is 8.85. The molecule has 0 spiro atoms. The van der Waals surface area contributed by atoms with Crippen LogP contribution in [-0.2, 0) is 0 Å². The molecule has 0 saturated carbocycles. The van der Waals surface area contributed by atoms with Gasteiger partial charge in [0.05, 0.1) is 5.56 Å². The number of rotatable bonds is 2. The molecule has 2 aromatic carbocycles. The lowest BCUT2D eigenvalue weighted by atomic mass is 10.2. The smallest absolute Gasteiger partial charge is 0.129 e. The van der Waals surface area contributed by atoms with Crippen molar-refractivity contribution in [2.24, 2.45) is 0 Å². The standard InChI is InChI=1S/C13H9BrN2O/c14-13-7-12(5-4-9(13)8-15)17-11-3-1-2-10(16)6-11/h1-7H,16H2. The third kappa shape index (κ3) is 2.77. The van der Waals surface area contributed by atoms with Gasteiger partial charge in [-0.15, -0.1) is 0 Å². The van der Waals surface area contributed by atoms with Gasteiger partial charge in [-0.3, -0.25) is 0 Å². The molecule has 2 aromatic rings. The fourth-order valence-corrected chi connectivity index (χ4v) is 1.81. The maximum absolute atomic E-state index is 8.80. The SMILES string of the molecule is N#Cc1ccc(Oc2cccc(N)c2)cc1Br. The quantitative estimate of drug-likeness (QED) is 0.858. The Balaban J connectivity index is 2.25. The number of ether oxygens (including phenoxy) is 1. The van der Waals surface area contributed by atoms with Gasteiger partial charge < -0.3 is 10.5 Å². The second-order valence-corrected chi connectivity index (χ2v) is 4.28. The van der Waals surface area contributed by atoms with E-state index in [9.17, 15) is 0 Å². The summed E-state index contributed by atoms with van der Waals surface area (Å²) in [5, 5.41) is 8.80. The van der Waals surface area contributed by atoms with Crippen LogP contribution in [0.4, 0.5) is 5.69 Å². The topological polar surface area (TPSA) is 59.0 Å². The Labute approximate surface area is 108 Å². The van der Waals surface area contributed by atoms with E-state index in [1.54, 1.807) is 30.3 Å². The molecular weight excluding hydrogens is 280 g/mol. The van der Waals surface area contributed by atoms with Crippen molar-refractivity contribution in [3.8, 4) is 17.6 Å². The average Bonchev–Trinajstić information content (AvgIpc) is 2.29. The van der Waals surface area contributed by atoms with Crippen LogP contribution in [0.5, 0.6) is 11.5 Å². The van der Waals surface area contributed by atoms with E-state index in [0.717, 1.165) is 0 Å². The number of nitrogen functional groups attached to an aromatic ring is 1. The Morgan fingerprint density at radius 3 is 2.53 bits per heavy atom. The molecule has 0 saturated heterocycles. The number of halogens is 1. The maximum atomic E-state index is 8.80. The predicted octanol–water partition coefficient (Wildman–Crippen LogP) is 3.70. The lowest BCUT2D eigenvalue weighted by molar-refractivity contribution is 0.482. The normalized spacial score (nSPS) is 9.65. The first-order valence-electron chi connectivity index (χ1n) is 4.92. The Kier molecular flexibility index (Phi) is 3.31. The van der Waals surface area contributed by atoms with Crippen LogP contribution in [0.1, 0.15) is 5.56 Å². The van der Waals surface area contributed by atoms with E-state index in [1.165, 1.54) is 0 Å². The number of hydrogen-bond donors (Lipinski definition) is 1. The third-order valence-electron chi connectivity index (χ3n) is 2.15. The number of nitrogens with two attached hydrogens (primary N) is 1. The minimum Gasteiger partial charge on any atom is -0.457 e. The fraction of sp³-hybridized carbons (Fsp3) is 0. The van der Waals surface area contributed by atoms with E-state index in [4.69, 9.17) is 15.7 Å². The molecule has 0 atom stereocenters. The van der Waals surface area contributed by atoms with Crippen molar-refractivity contribution >= 4 is 21.6 Å². The lowest BCUT2D eigenvalue weighted by Gasteiger charge is -2.07. The van der Waals surface area contributed by atoms with Crippen molar-refractivity contribution in [2.75, 3.05) is 5.73 Å². The van der Waals surface area contributed by atoms with E-state index in [1.807, 2.05) is 12.1 Å². The number of benzene rings is 2. The summed E-state index contributed by atoms with van der Waals surface area (Å²) in [7, 11) is 0. The summed E-state index contributed by atoms with van der Waals surface area (Å²) in [4.78, 5) is 0. The molecule has 4 heteroatoms. The summed E-state index contributed by atoms with van der Waals surface area (Å²) in [5.74, 6) is 1.32. The molecule has 0 radical (unpaired) electrons. The molecule has 0 bridgehead atoms. The number of nitrogens with zero attached hydrogens (tertiary/aromatic N) is 1. The highest BCUT2D eigenvalue weighted by atomic mass is 79.9. The minimum absolute atomic E-state index is 0.574. The Bertz CT molecular complexity index is 590. The van der Waals surface area contributed by atoms with Crippen LogP contribution in [0.3, 0.4) is 0 Å². The summed E-state index contributed by atoms with van der Waals surface area (Å²) < 4.78 is 6.33. The molecule has 0 aliphatic rings. The molecule has 17 heavy (non-hydrogen) atoms. The van der Waals surface area contributed by atoms with E-state index >= 15 is 0 Å². The van der Waals surface area contributed by atoms with Crippen LogP contribution >= 0.6 is 15.9 Å². The number of nitriles is 1. The maximum Gasteiger partial charge on any atom is 0.129 e. The second-order valence-electron chi connectivity index (χ2n) is 3.43. The molecule has 3 nitrogen and oxygen atoms in total. The van der Waals surface area contributed by atoms with Gasteiger partial charge in [0.1, 0.15) is 17.6 Å². The molecular formula is C13H9BrN2O. The summed E-state index contributed by atoms with van der Waals surface area (Å²) in [6.07, 6.45) is 0.